The summed E-state index contributed by atoms with van der Waals surface area (Å²) in [5, 5.41) is 9.36. The monoisotopic (exact) mass is 286 g/mol. The highest BCUT2D eigenvalue weighted by molar-refractivity contribution is 5.94. The van der Waals surface area contributed by atoms with Crippen molar-refractivity contribution in [2.75, 3.05) is 11.9 Å². The summed E-state index contributed by atoms with van der Waals surface area (Å²) in [6.07, 6.45) is 1.88. The number of aryl methyl sites for hydroxylation is 1. The Balaban J connectivity index is 1.77. The Hall–Kier alpha value is -2.63. The number of carbonyl (C=O) groups is 2. The second-order valence-corrected chi connectivity index (χ2v) is 4.52. The molecule has 0 aliphatic carbocycles. The number of benzene rings is 1. The van der Waals surface area contributed by atoms with Gasteiger partial charge in [-0.3, -0.25) is 9.59 Å². The van der Waals surface area contributed by atoms with Crippen LogP contribution in [-0.2, 0) is 22.6 Å². The van der Waals surface area contributed by atoms with Crippen LogP contribution in [0.3, 0.4) is 0 Å². The number of hydrogen-bond acceptors (Lipinski definition) is 3. The molecule has 0 bridgehead atoms. The smallest absolute Gasteiger partial charge is 0.244 e. The highest BCUT2D eigenvalue weighted by atomic mass is 16.2. The number of rotatable bonds is 6. The van der Waals surface area contributed by atoms with E-state index < -0.39 is 0 Å². The molecule has 0 fully saturated rings. The van der Waals surface area contributed by atoms with Crippen molar-refractivity contribution in [3.05, 3.63) is 48.2 Å². The van der Waals surface area contributed by atoms with Crippen LogP contribution in [0.15, 0.2) is 42.6 Å². The first-order chi connectivity index (χ1) is 10.2. The minimum absolute atomic E-state index is 0.0550. The Labute approximate surface area is 123 Å². The number of anilines is 1. The molecular weight excluding hydrogens is 268 g/mol. The van der Waals surface area contributed by atoms with Crippen LogP contribution in [0.5, 0.6) is 0 Å². The van der Waals surface area contributed by atoms with Crippen LogP contribution in [0.1, 0.15) is 12.5 Å². The first-order valence-corrected chi connectivity index (χ1v) is 6.81. The molecule has 2 N–H and O–H groups in total. The van der Waals surface area contributed by atoms with Gasteiger partial charge in [0.25, 0.3) is 0 Å². The number of amides is 2. The first-order valence-electron chi connectivity index (χ1n) is 6.81. The van der Waals surface area contributed by atoms with Crippen LogP contribution < -0.4 is 10.6 Å². The van der Waals surface area contributed by atoms with Gasteiger partial charge in [-0.15, -0.1) is 0 Å². The average molecular weight is 286 g/mol. The van der Waals surface area contributed by atoms with Gasteiger partial charge in [0.15, 0.2) is 0 Å². The Morgan fingerprint density at radius 2 is 1.90 bits per heavy atom. The predicted molar refractivity (Wildman–Crippen MR) is 79.7 cm³/mol. The minimum atomic E-state index is -0.272. The molecule has 0 saturated carbocycles. The lowest BCUT2D eigenvalue weighted by Gasteiger charge is -2.08. The molecule has 0 saturated heterocycles. The van der Waals surface area contributed by atoms with E-state index in [0.717, 1.165) is 5.56 Å². The summed E-state index contributed by atoms with van der Waals surface area (Å²) < 4.78 is 1.67. The van der Waals surface area contributed by atoms with Crippen molar-refractivity contribution in [2.45, 2.75) is 19.9 Å². The molecule has 110 valence electrons. The van der Waals surface area contributed by atoms with Gasteiger partial charge >= 0.3 is 0 Å². The normalized spacial score (nSPS) is 10.1. The highest BCUT2D eigenvalue weighted by Crippen LogP contribution is 2.05. The number of aromatic nitrogens is 2. The molecule has 0 radical (unpaired) electrons. The van der Waals surface area contributed by atoms with Crippen LogP contribution in [0.25, 0.3) is 0 Å². The molecular formula is C15H18N4O2. The second kappa shape index (κ2) is 7.23. The molecule has 0 aliphatic heterocycles. The average Bonchev–Trinajstić information content (AvgIpc) is 2.93. The second-order valence-electron chi connectivity index (χ2n) is 4.52. The lowest BCUT2D eigenvalue weighted by Crippen LogP contribution is -2.34. The fraction of sp³-hybridized carbons (Fsp3) is 0.267. The minimum Gasteiger partial charge on any atom is -0.347 e. The number of hydrogen-bond donors (Lipinski definition) is 2. The van der Waals surface area contributed by atoms with Gasteiger partial charge in [-0.1, -0.05) is 30.3 Å². The van der Waals surface area contributed by atoms with Gasteiger partial charge in [-0.25, -0.2) is 4.68 Å². The fourth-order valence-corrected chi connectivity index (χ4v) is 1.90. The number of nitrogens with one attached hydrogen (secondary N) is 2. The summed E-state index contributed by atoms with van der Waals surface area (Å²) in [6, 6.07) is 11.1. The fourth-order valence-electron chi connectivity index (χ4n) is 1.90. The van der Waals surface area contributed by atoms with E-state index in [9.17, 15) is 9.59 Å². The molecule has 0 atom stereocenters. The van der Waals surface area contributed by atoms with Crippen LogP contribution in [0, 0.1) is 0 Å². The van der Waals surface area contributed by atoms with Gasteiger partial charge in [0.1, 0.15) is 5.82 Å². The van der Waals surface area contributed by atoms with Crippen LogP contribution in [-0.4, -0.2) is 28.1 Å². The van der Waals surface area contributed by atoms with E-state index >= 15 is 0 Å². The largest absolute Gasteiger partial charge is 0.347 e. The van der Waals surface area contributed by atoms with Crippen molar-refractivity contribution in [1.82, 2.24) is 15.1 Å². The zero-order valence-electron chi connectivity index (χ0n) is 11.9. The molecule has 2 aromatic rings. The van der Waals surface area contributed by atoms with Crippen molar-refractivity contribution in [2.24, 2.45) is 0 Å². The van der Waals surface area contributed by atoms with E-state index in [1.54, 1.807) is 16.9 Å². The molecule has 6 nitrogen and oxygen atoms in total. The van der Waals surface area contributed by atoms with Gasteiger partial charge < -0.3 is 10.6 Å². The van der Waals surface area contributed by atoms with Gasteiger partial charge in [-0.2, -0.15) is 5.10 Å². The SMILES string of the molecule is CCn1nccc1NC(=O)CNC(=O)Cc1ccccc1. The summed E-state index contributed by atoms with van der Waals surface area (Å²) in [6.45, 7) is 2.55. The lowest BCUT2D eigenvalue weighted by molar-refractivity contribution is -0.123. The summed E-state index contributed by atoms with van der Waals surface area (Å²) in [5.41, 5.74) is 0.916. The molecule has 1 heterocycles. The van der Waals surface area contributed by atoms with Crippen molar-refractivity contribution in [3.63, 3.8) is 0 Å². The molecule has 0 unspecified atom stereocenters. The number of nitrogens with zero attached hydrogens (tertiary/aromatic N) is 2. The van der Waals surface area contributed by atoms with E-state index in [1.807, 2.05) is 37.3 Å². The van der Waals surface area contributed by atoms with Gasteiger partial charge in [-0.05, 0) is 12.5 Å². The molecule has 6 heteroatoms. The van der Waals surface area contributed by atoms with Crippen LogP contribution >= 0.6 is 0 Å². The van der Waals surface area contributed by atoms with Gasteiger partial charge in [0.05, 0.1) is 19.2 Å². The Morgan fingerprint density at radius 3 is 2.62 bits per heavy atom. The molecule has 2 rings (SSSR count). The quantitative estimate of drug-likeness (QED) is 0.838. The predicted octanol–water partition coefficient (Wildman–Crippen LogP) is 1.20. The van der Waals surface area contributed by atoms with E-state index in [1.165, 1.54) is 0 Å². The van der Waals surface area contributed by atoms with Crippen molar-refractivity contribution < 1.29 is 9.59 Å². The molecule has 2 amide bonds. The third-order valence-corrected chi connectivity index (χ3v) is 2.94. The third-order valence-electron chi connectivity index (χ3n) is 2.94. The van der Waals surface area contributed by atoms with Gasteiger partial charge in [0.2, 0.25) is 11.8 Å². The Bertz CT molecular complexity index is 607. The van der Waals surface area contributed by atoms with Gasteiger partial charge in [0, 0.05) is 12.6 Å². The van der Waals surface area contributed by atoms with E-state index in [4.69, 9.17) is 0 Å². The Kier molecular flexibility index (Phi) is 5.09. The lowest BCUT2D eigenvalue weighted by atomic mass is 10.1. The first kappa shape index (κ1) is 14.8. The third kappa shape index (κ3) is 4.45. The zero-order chi connectivity index (χ0) is 15.1. The topological polar surface area (TPSA) is 76.0 Å². The summed E-state index contributed by atoms with van der Waals surface area (Å²) in [5.74, 6) is 0.173. The summed E-state index contributed by atoms with van der Waals surface area (Å²) >= 11 is 0. The van der Waals surface area contributed by atoms with E-state index in [0.29, 0.717) is 12.4 Å². The van der Waals surface area contributed by atoms with Crippen molar-refractivity contribution >= 4 is 17.6 Å². The standard InChI is InChI=1S/C15H18N4O2/c1-2-19-13(8-9-17-19)18-15(21)11-16-14(20)10-12-6-4-3-5-7-12/h3-9H,2,10-11H2,1H3,(H,16,20)(H,18,21). The van der Waals surface area contributed by atoms with Crippen LogP contribution in [0.4, 0.5) is 5.82 Å². The molecule has 0 spiro atoms. The molecule has 0 aliphatic rings. The highest BCUT2D eigenvalue weighted by Gasteiger charge is 2.08. The van der Waals surface area contributed by atoms with Crippen molar-refractivity contribution in [3.8, 4) is 0 Å². The van der Waals surface area contributed by atoms with Crippen molar-refractivity contribution in [1.29, 1.82) is 0 Å². The van der Waals surface area contributed by atoms with Crippen LogP contribution in [0.2, 0.25) is 0 Å². The molecule has 1 aromatic heterocycles. The molecule has 21 heavy (non-hydrogen) atoms. The number of carbonyl (C=O) groups excluding carboxylic acids is 2. The summed E-state index contributed by atoms with van der Waals surface area (Å²) in [4.78, 5) is 23.5. The maximum absolute atomic E-state index is 11.8. The molecule has 1 aromatic carbocycles. The maximum atomic E-state index is 11.8. The van der Waals surface area contributed by atoms with E-state index in [-0.39, 0.29) is 24.8 Å². The zero-order valence-corrected chi connectivity index (χ0v) is 11.9. The summed E-state index contributed by atoms with van der Waals surface area (Å²) in [7, 11) is 0. The maximum Gasteiger partial charge on any atom is 0.244 e. The van der Waals surface area contributed by atoms with E-state index in [2.05, 4.69) is 15.7 Å². The Morgan fingerprint density at radius 1 is 1.14 bits per heavy atom.